The first kappa shape index (κ1) is 18.5. The number of carbonyl (C=O) groups excluding carboxylic acids is 2. The van der Waals surface area contributed by atoms with Crippen LogP contribution in [-0.2, 0) is 11.2 Å². The van der Waals surface area contributed by atoms with Crippen LogP contribution in [0.4, 0.5) is 5.69 Å². The molecule has 4 rings (SSSR count). The number of fused-ring (bicyclic) bond motifs is 1. The standard InChI is InChI=1S/C22H25N3O3/c26-21-9-8-17-6-7-18(16-20(17)23-21)22(27)25-12-10-24(11-13-25)14-15-28-19-4-2-1-3-5-19/h1-7,16H,8-15H2,(H,23,26). The Morgan fingerprint density at radius 1 is 1.00 bits per heavy atom. The van der Waals surface area contributed by atoms with Crippen molar-refractivity contribution in [3.8, 4) is 5.75 Å². The Bertz CT molecular complexity index is 845. The van der Waals surface area contributed by atoms with Crippen LogP contribution in [0.15, 0.2) is 48.5 Å². The van der Waals surface area contributed by atoms with Crippen molar-refractivity contribution in [3.05, 3.63) is 59.7 Å². The number of hydrogen-bond acceptors (Lipinski definition) is 4. The molecule has 6 heteroatoms. The lowest BCUT2D eigenvalue weighted by molar-refractivity contribution is -0.116. The molecule has 1 fully saturated rings. The summed E-state index contributed by atoms with van der Waals surface area (Å²) in [5.74, 6) is 0.932. The number of nitrogens with one attached hydrogen (secondary N) is 1. The van der Waals surface area contributed by atoms with Crippen molar-refractivity contribution in [1.82, 2.24) is 9.80 Å². The third-order valence-corrected chi connectivity index (χ3v) is 5.33. The second-order valence-corrected chi connectivity index (χ2v) is 7.22. The number of ether oxygens (including phenoxy) is 1. The molecular formula is C22H25N3O3. The quantitative estimate of drug-likeness (QED) is 0.867. The van der Waals surface area contributed by atoms with Gasteiger partial charge in [0.05, 0.1) is 0 Å². The maximum Gasteiger partial charge on any atom is 0.254 e. The van der Waals surface area contributed by atoms with Crippen molar-refractivity contribution in [1.29, 1.82) is 0 Å². The molecule has 2 aliphatic rings. The molecule has 0 unspecified atom stereocenters. The van der Waals surface area contributed by atoms with E-state index >= 15 is 0 Å². The molecule has 0 bridgehead atoms. The van der Waals surface area contributed by atoms with Gasteiger partial charge in [0.2, 0.25) is 5.91 Å². The highest BCUT2D eigenvalue weighted by atomic mass is 16.5. The largest absolute Gasteiger partial charge is 0.492 e. The van der Waals surface area contributed by atoms with Crippen LogP contribution in [0.2, 0.25) is 0 Å². The topological polar surface area (TPSA) is 61.9 Å². The number of aryl methyl sites for hydroxylation is 1. The summed E-state index contributed by atoms with van der Waals surface area (Å²) in [5, 5.41) is 2.87. The van der Waals surface area contributed by atoms with E-state index < -0.39 is 0 Å². The van der Waals surface area contributed by atoms with Gasteiger partial charge in [-0.1, -0.05) is 24.3 Å². The lowest BCUT2D eigenvalue weighted by Gasteiger charge is -2.34. The summed E-state index contributed by atoms with van der Waals surface area (Å²) < 4.78 is 5.76. The highest BCUT2D eigenvalue weighted by Gasteiger charge is 2.23. The van der Waals surface area contributed by atoms with Gasteiger partial charge < -0.3 is 15.0 Å². The van der Waals surface area contributed by atoms with Crippen molar-refractivity contribution in [2.45, 2.75) is 12.8 Å². The molecule has 2 aromatic carbocycles. The Labute approximate surface area is 165 Å². The van der Waals surface area contributed by atoms with Gasteiger partial charge in [0.25, 0.3) is 5.91 Å². The third-order valence-electron chi connectivity index (χ3n) is 5.33. The van der Waals surface area contributed by atoms with Crippen LogP contribution in [0.3, 0.4) is 0 Å². The number of anilines is 1. The molecule has 28 heavy (non-hydrogen) atoms. The maximum atomic E-state index is 12.8. The van der Waals surface area contributed by atoms with Crippen LogP contribution in [0, 0.1) is 0 Å². The number of nitrogens with zero attached hydrogens (tertiary/aromatic N) is 2. The first-order chi connectivity index (χ1) is 13.7. The zero-order chi connectivity index (χ0) is 19.3. The van der Waals surface area contributed by atoms with Gasteiger partial charge in [-0.15, -0.1) is 0 Å². The van der Waals surface area contributed by atoms with E-state index in [-0.39, 0.29) is 11.8 Å². The van der Waals surface area contributed by atoms with Crippen LogP contribution in [0.1, 0.15) is 22.3 Å². The molecule has 1 saturated heterocycles. The molecule has 2 amide bonds. The predicted octanol–water partition coefficient (Wildman–Crippen LogP) is 2.41. The van der Waals surface area contributed by atoms with Gasteiger partial charge in [0.1, 0.15) is 12.4 Å². The summed E-state index contributed by atoms with van der Waals surface area (Å²) in [5.41, 5.74) is 2.51. The fourth-order valence-corrected chi connectivity index (χ4v) is 3.67. The normalized spacial score (nSPS) is 17.0. The molecule has 2 aliphatic heterocycles. The average Bonchev–Trinajstić information content (AvgIpc) is 2.74. The Balaban J connectivity index is 1.27. The lowest BCUT2D eigenvalue weighted by atomic mass is 10.0. The fraction of sp³-hybridized carbons (Fsp3) is 0.364. The molecule has 146 valence electrons. The van der Waals surface area contributed by atoms with Crippen LogP contribution in [-0.4, -0.2) is 60.9 Å². The highest BCUT2D eigenvalue weighted by Crippen LogP contribution is 2.24. The molecule has 0 aromatic heterocycles. The van der Waals surface area contributed by atoms with Crippen LogP contribution in [0.5, 0.6) is 5.75 Å². The van der Waals surface area contributed by atoms with Gasteiger partial charge in [-0.3, -0.25) is 14.5 Å². The lowest BCUT2D eigenvalue weighted by Crippen LogP contribution is -2.49. The smallest absolute Gasteiger partial charge is 0.254 e. The Morgan fingerprint density at radius 2 is 1.79 bits per heavy atom. The van der Waals surface area contributed by atoms with Gasteiger partial charge in [0, 0.05) is 50.4 Å². The van der Waals surface area contributed by atoms with Crippen molar-refractivity contribution in [2.24, 2.45) is 0 Å². The number of rotatable bonds is 5. The van der Waals surface area contributed by atoms with E-state index in [1.807, 2.05) is 53.4 Å². The molecule has 0 radical (unpaired) electrons. The van der Waals surface area contributed by atoms with E-state index in [9.17, 15) is 9.59 Å². The molecule has 2 heterocycles. The van der Waals surface area contributed by atoms with E-state index in [4.69, 9.17) is 4.74 Å². The van der Waals surface area contributed by atoms with E-state index in [1.165, 1.54) is 0 Å². The Morgan fingerprint density at radius 3 is 2.57 bits per heavy atom. The van der Waals surface area contributed by atoms with Gasteiger partial charge >= 0.3 is 0 Å². The minimum atomic E-state index is 0.0171. The first-order valence-corrected chi connectivity index (χ1v) is 9.81. The van der Waals surface area contributed by atoms with Gasteiger partial charge in [-0.25, -0.2) is 0 Å². The summed E-state index contributed by atoms with van der Waals surface area (Å²) in [7, 11) is 0. The number of amides is 2. The Kier molecular flexibility index (Phi) is 5.58. The van der Waals surface area contributed by atoms with Gasteiger partial charge in [0.15, 0.2) is 0 Å². The molecule has 0 aliphatic carbocycles. The monoisotopic (exact) mass is 379 g/mol. The third kappa shape index (κ3) is 4.34. The molecule has 2 aromatic rings. The first-order valence-electron chi connectivity index (χ1n) is 9.81. The van der Waals surface area contributed by atoms with E-state index in [1.54, 1.807) is 0 Å². The molecule has 0 atom stereocenters. The van der Waals surface area contributed by atoms with Crippen LogP contribution in [0.25, 0.3) is 0 Å². The van der Waals surface area contributed by atoms with Crippen molar-refractivity contribution >= 4 is 17.5 Å². The van der Waals surface area contributed by atoms with Gasteiger partial charge in [-0.05, 0) is 36.2 Å². The van der Waals surface area contributed by atoms with Crippen LogP contribution < -0.4 is 10.1 Å². The molecule has 0 spiro atoms. The second kappa shape index (κ2) is 8.44. The zero-order valence-electron chi connectivity index (χ0n) is 15.9. The fourth-order valence-electron chi connectivity index (χ4n) is 3.67. The van der Waals surface area contributed by atoms with E-state index in [2.05, 4.69) is 10.2 Å². The van der Waals surface area contributed by atoms with Crippen molar-refractivity contribution in [2.75, 3.05) is 44.6 Å². The van der Waals surface area contributed by atoms with E-state index in [0.29, 0.717) is 31.7 Å². The molecular weight excluding hydrogens is 354 g/mol. The second-order valence-electron chi connectivity index (χ2n) is 7.22. The maximum absolute atomic E-state index is 12.8. The van der Waals surface area contributed by atoms with Gasteiger partial charge in [-0.2, -0.15) is 0 Å². The minimum absolute atomic E-state index is 0.0171. The number of piperazine rings is 1. The predicted molar refractivity (Wildman–Crippen MR) is 108 cm³/mol. The SMILES string of the molecule is O=C1CCc2ccc(C(=O)N3CCN(CCOc4ccccc4)CC3)cc2N1. The minimum Gasteiger partial charge on any atom is -0.492 e. The summed E-state index contributed by atoms with van der Waals surface area (Å²) in [4.78, 5) is 28.7. The van der Waals surface area contributed by atoms with E-state index in [0.717, 1.165) is 43.1 Å². The summed E-state index contributed by atoms with van der Waals surface area (Å²) in [6.45, 7) is 4.57. The number of hydrogen-bond donors (Lipinski definition) is 1. The molecule has 0 saturated carbocycles. The van der Waals surface area contributed by atoms with Crippen LogP contribution >= 0.6 is 0 Å². The van der Waals surface area contributed by atoms with Crippen molar-refractivity contribution in [3.63, 3.8) is 0 Å². The Hall–Kier alpha value is -2.86. The average molecular weight is 379 g/mol. The number of carbonyl (C=O) groups is 2. The summed E-state index contributed by atoms with van der Waals surface area (Å²) >= 11 is 0. The van der Waals surface area contributed by atoms with Crippen molar-refractivity contribution < 1.29 is 14.3 Å². The highest BCUT2D eigenvalue weighted by molar-refractivity contribution is 5.99. The summed E-state index contributed by atoms with van der Waals surface area (Å²) in [6.07, 6.45) is 1.25. The number of para-hydroxylation sites is 1. The number of benzene rings is 2. The summed E-state index contributed by atoms with van der Waals surface area (Å²) in [6, 6.07) is 15.5. The molecule has 1 N–H and O–H groups in total. The zero-order valence-corrected chi connectivity index (χ0v) is 15.9. The molecule has 6 nitrogen and oxygen atoms in total.